The van der Waals surface area contributed by atoms with Gasteiger partial charge in [0.15, 0.2) is 5.58 Å². The lowest BCUT2D eigenvalue weighted by atomic mass is 10.4. The van der Waals surface area contributed by atoms with E-state index in [-0.39, 0.29) is 0 Å². The van der Waals surface area contributed by atoms with Gasteiger partial charge in [-0.25, -0.2) is 0 Å². The second-order valence-electron chi connectivity index (χ2n) is 3.20. The Bertz CT molecular complexity index is 397. The molecule has 0 aliphatic carbocycles. The summed E-state index contributed by atoms with van der Waals surface area (Å²) < 4.78 is 7.28. The third-order valence-electron chi connectivity index (χ3n) is 2.01. The predicted molar refractivity (Wildman–Crippen MR) is 49.0 cm³/mol. The van der Waals surface area contributed by atoms with Gasteiger partial charge in [-0.2, -0.15) is 0 Å². The number of hydrogen-bond donors (Lipinski definition) is 1. The molecule has 3 heteroatoms. The van der Waals surface area contributed by atoms with E-state index in [2.05, 4.69) is 18.4 Å². The molecule has 0 atom stereocenters. The van der Waals surface area contributed by atoms with Gasteiger partial charge < -0.3 is 14.7 Å². The Morgan fingerprint density at radius 3 is 2.92 bits per heavy atom. The summed E-state index contributed by atoms with van der Waals surface area (Å²) in [6.45, 7) is 4.20. The molecule has 12 heavy (non-hydrogen) atoms. The van der Waals surface area contributed by atoms with Gasteiger partial charge in [0, 0.05) is 18.2 Å². The number of nitrogens with two attached hydrogens (primary N) is 1. The highest BCUT2D eigenvalue weighted by Gasteiger charge is 2.10. The molecule has 0 radical (unpaired) electrons. The SMILES string of the molecule is CC(C)n1c(N)cc2occc21. The van der Waals surface area contributed by atoms with E-state index in [9.17, 15) is 0 Å². The van der Waals surface area contributed by atoms with E-state index >= 15 is 0 Å². The average Bonchev–Trinajstić information content (AvgIpc) is 2.44. The first-order valence-corrected chi connectivity index (χ1v) is 4.04. The third kappa shape index (κ3) is 0.826. The van der Waals surface area contributed by atoms with Crippen LogP contribution in [0.15, 0.2) is 22.8 Å². The van der Waals surface area contributed by atoms with E-state index in [1.165, 1.54) is 0 Å². The van der Waals surface area contributed by atoms with Crippen molar-refractivity contribution < 1.29 is 4.42 Å². The molecule has 0 amide bonds. The normalized spacial score (nSPS) is 11.6. The van der Waals surface area contributed by atoms with Crippen molar-refractivity contribution in [1.82, 2.24) is 4.57 Å². The Morgan fingerprint density at radius 2 is 2.25 bits per heavy atom. The first-order valence-electron chi connectivity index (χ1n) is 4.04. The maximum Gasteiger partial charge on any atom is 0.153 e. The molecular weight excluding hydrogens is 152 g/mol. The Kier molecular flexibility index (Phi) is 1.40. The molecule has 0 aliphatic rings. The molecule has 2 aromatic heterocycles. The molecule has 2 N–H and O–H groups in total. The standard InChI is InChI=1S/C9H12N2O/c1-6(2)11-7-3-4-12-8(7)5-9(11)10/h3-6H,10H2,1-2H3. The summed E-state index contributed by atoms with van der Waals surface area (Å²) in [5.41, 5.74) is 7.74. The van der Waals surface area contributed by atoms with Crippen LogP contribution in [-0.2, 0) is 0 Å². The summed E-state index contributed by atoms with van der Waals surface area (Å²) in [4.78, 5) is 0. The maximum atomic E-state index is 5.80. The summed E-state index contributed by atoms with van der Waals surface area (Å²) in [5.74, 6) is 0.763. The van der Waals surface area contributed by atoms with Crippen LogP contribution < -0.4 is 5.73 Å². The van der Waals surface area contributed by atoms with Gasteiger partial charge in [-0.15, -0.1) is 0 Å². The number of nitrogen functional groups attached to an aromatic ring is 1. The first kappa shape index (κ1) is 7.28. The molecular formula is C9H12N2O. The van der Waals surface area contributed by atoms with Crippen LogP contribution in [0.25, 0.3) is 11.1 Å². The van der Waals surface area contributed by atoms with Gasteiger partial charge in [0.25, 0.3) is 0 Å². The number of nitrogens with zero attached hydrogens (tertiary/aromatic N) is 1. The minimum Gasteiger partial charge on any atom is -0.463 e. The van der Waals surface area contributed by atoms with Gasteiger partial charge in [-0.3, -0.25) is 0 Å². The van der Waals surface area contributed by atoms with E-state index in [1.807, 2.05) is 12.1 Å². The van der Waals surface area contributed by atoms with Gasteiger partial charge in [0.1, 0.15) is 5.82 Å². The zero-order chi connectivity index (χ0) is 8.72. The average molecular weight is 164 g/mol. The van der Waals surface area contributed by atoms with Crippen molar-refractivity contribution in [2.45, 2.75) is 19.9 Å². The lowest BCUT2D eigenvalue weighted by Gasteiger charge is -2.09. The quantitative estimate of drug-likeness (QED) is 0.703. The van der Waals surface area contributed by atoms with Crippen LogP contribution in [0.2, 0.25) is 0 Å². The summed E-state index contributed by atoms with van der Waals surface area (Å²) in [5, 5.41) is 0. The van der Waals surface area contributed by atoms with Crippen molar-refractivity contribution in [2.24, 2.45) is 0 Å². The van der Waals surface area contributed by atoms with E-state index in [0.717, 1.165) is 16.9 Å². The number of fused-ring (bicyclic) bond motifs is 1. The van der Waals surface area contributed by atoms with E-state index in [4.69, 9.17) is 10.2 Å². The van der Waals surface area contributed by atoms with Gasteiger partial charge in [0.2, 0.25) is 0 Å². The Hall–Kier alpha value is -1.38. The molecule has 2 aromatic rings. The summed E-state index contributed by atoms with van der Waals surface area (Å²) in [6.07, 6.45) is 1.68. The van der Waals surface area contributed by atoms with Gasteiger partial charge >= 0.3 is 0 Å². The number of rotatable bonds is 1. The number of furan rings is 1. The fourth-order valence-electron chi connectivity index (χ4n) is 1.54. The zero-order valence-electron chi connectivity index (χ0n) is 7.24. The van der Waals surface area contributed by atoms with Crippen LogP contribution in [-0.4, -0.2) is 4.57 Å². The minimum atomic E-state index is 0.375. The molecule has 0 fully saturated rings. The Labute approximate surface area is 70.8 Å². The molecule has 2 heterocycles. The molecule has 0 saturated carbocycles. The highest BCUT2D eigenvalue weighted by Crippen LogP contribution is 2.25. The second-order valence-corrected chi connectivity index (χ2v) is 3.20. The molecule has 0 aromatic carbocycles. The van der Waals surface area contributed by atoms with Crippen molar-refractivity contribution in [3.05, 3.63) is 18.4 Å². The molecule has 0 spiro atoms. The zero-order valence-corrected chi connectivity index (χ0v) is 7.24. The van der Waals surface area contributed by atoms with Gasteiger partial charge in [-0.1, -0.05) is 0 Å². The van der Waals surface area contributed by atoms with Crippen LogP contribution in [0, 0.1) is 0 Å². The van der Waals surface area contributed by atoms with Crippen molar-refractivity contribution in [2.75, 3.05) is 5.73 Å². The van der Waals surface area contributed by atoms with Crippen molar-refractivity contribution >= 4 is 16.9 Å². The smallest absolute Gasteiger partial charge is 0.153 e. The monoisotopic (exact) mass is 164 g/mol. The van der Waals surface area contributed by atoms with E-state index in [0.29, 0.717) is 6.04 Å². The molecule has 64 valence electrons. The van der Waals surface area contributed by atoms with Crippen LogP contribution in [0.1, 0.15) is 19.9 Å². The Morgan fingerprint density at radius 1 is 1.50 bits per heavy atom. The first-order chi connectivity index (χ1) is 5.70. The lowest BCUT2D eigenvalue weighted by molar-refractivity contribution is 0.614. The summed E-state index contributed by atoms with van der Waals surface area (Å²) in [7, 11) is 0. The molecule has 0 unspecified atom stereocenters. The van der Waals surface area contributed by atoms with Gasteiger partial charge in [0.05, 0.1) is 11.8 Å². The molecule has 0 bridgehead atoms. The van der Waals surface area contributed by atoms with Crippen LogP contribution >= 0.6 is 0 Å². The Balaban J connectivity index is 2.76. The van der Waals surface area contributed by atoms with Crippen LogP contribution in [0.4, 0.5) is 5.82 Å². The predicted octanol–water partition coefficient (Wildman–Crippen LogP) is 2.40. The number of anilines is 1. The number of hydrogen-bond acceptors (Lipinski definition) is 2. The fourth-order valence-corrected chi connectivity index (χ4v) is 1.54. The van der Waals surface area contributed by atoms with Crippen molar-refractivity contribution in [3.8, 4) is 0 Å². The largest absolute Gasteiger partial charge is 0.463 e. The molecule has 2 rings (SSSR count). The highest BCUT2D eigenvalue weighted by atomic mass is 16.3. The van der Waals surface area contributed by atoms with Crippen LogP contribution in [0.5, 0.6) is 0 Å². The third-order valence-corrected chi connectivity index (χ3v) is 2.01. The topological polar surface area (TPSA) is 44.1 Å². The summed E-state index contributed by atoms with van der Waals surface area (Å²) >= 11 is 0. The van der Waals surface area contributed by atoms with Gasteiger partial charge in [-0.05, 0) is 13.8 Å². The van der Waals surface area contributed by atoms with E-state index < -0.39 is 0 Å². The molecule has 0 aliphatic heterocycles. The fraction of sp³-hybridized carbons (Fsp3) is 0.333. The van der Waals surface area contributed by atoms with Crippen LogP contribution in [0.3, 0.4) is 0 Å². The number of aromatic nitrogens is 1. The molecule has 0 saturated heterocycles. The van der Waals surface area contributed by atoms with E-state index in [1.54, 1.807) is 6.26 Å². The lowest BCUT2D eigenvalue weighted by Crippen LogP contribution is -2.03. The second kappa shape index (κ2) is 2.30. The summed E-state index contributed by atoms with van der Waals surface area (Å²) in [6, 6.07) is 4.17. The highest BCUT2D eigenvalue weighted by molar-refractivity contribution is 5.79. The minimum absolute atomic E-state index is 0.375. The molecule has 3 nitrogen and oxygen atoms in total. The van der Waals surface area contributed by atoms with Crippen molar-refractivity contribution in [3.63, 3.8) is 0 Å². The maximum absolute atomic E-state index is 5.80. The van der Waals surface area contributed by atoms with Crippen molar-refractivity contribution in [1.29, 1.82) is 0 Å².